The number of piperidine rings is 1. The largest absolute Gasteiger partial charge is 0.371 e. The number of rotatable bonds is 3. The lowest BCUT2D eigenvalue weighted by atomic mass is 9.89. The van der Waals surface area contributed by atoms with Crippen LogP contribution in [0.4, 0.5) is 5.69 Å². The van der Waals surface area contributed by atoms with Crippen molar-refractivity contribution >= 4 is 5.69 Å². The van der Waals surface area contributed by atoms with E-state index in [1.165, 1.54) is 69.5 Å². The molecule has 2 heterocycles. The molecular weight excluding hydrogens is 232 g/mol. The molecular formula is C17H26N2. The molecule has 1 N–H and O–H groups in total. The van der Waals surface area contributed by atoms with E-state index in [0.717, 1.165) is 5.92 Å². The summed E-state index contributed by atoms with van der Waals surface area (Å²) >= 11 is 0. The molecule has 2 aliphatic rings. The van der Waals surface area contributed by atoms with Gasteiger partial charge in [0.15, 0.2) is 0 Å². The number of hydrogen-bond donors (Lipinski definition) is 1. The summed E-state index contributed by atoms with van der Waals surface area (Å²) in [5, 5.41) is 3.47. The van der Waals surface area contributed by atoms with Crippen LogP contribution in [0.3, 0.4) is 0 Å². The topological polar surface area (TPSA) is 15.3 Å². The van der Waals surface area contributed by atoms with Crippen LogP contribution in [-0.4, -0.2) is 26.2 Å². The van der Waals surface area contributed by atoms with Gasteiger partial charge >= 0.3 is 0 Å². The summed E-state index contributed by atoms with van der Waals surface area (Å²) in [5.41, 5.74) is 4.52. The normalized spacial score (nSPS) is 21.0. The van der Waals surface area contributed by atoms with Crippen LogP contribution in [-0.2, 0) is 6.42 Å². The summed E-state index contributed by atoms with van der Waals surface area (Å²) in [6, 6.07) is 7.06. The molecule has 19 heavy (non-hydrogen) atoms. The van der Waals surface area contributed by atoms with Crippen LogP contribution >= 0.6 is 0 Å². The van der Waals surface area contributed by atoms with Crippen molar-refractivity contribution in [2.24, 2.45) is 5.92 Å². The van der Waals surface area contributed by atoms with Crippen molar-refractivity contribution in [3.8, 4) is 0 Å². The fraction of sp³-hybridized carbons (Fsp3) is 0.647. The summed E-state index contributed by atoms with van der Waals surface area (Å²) in [6.07, 6.45) is 6.68. The Morgan fingerprint density at radius 3 is 2.63 bits per heavy atom. The number of nitrogens with one attached hydrogen (secondary N) is 1. The Morgan fingerprint density at radius 1 is 1.16 bits per heavy atom. The standard InChI is InChI=1S/C17H26N2/c1-14-4-5-17(19-10-2-3-11-19)16(12-14)13-15-6-8-18-9-7-15/h4-5,12,15,18H,2-3,6-11,13H2,1H3. The second-order valence-corrected chi connectivity index (χ2v) is 6.22. The zero-order valence-corrected chi connectivity index (χ0v) is 12.1. The first-order chi connectivity index (χ1) is 9.33. The second-order valence-electron chi connectivity index (χ2n) is 6.22. The lowest BCUT2D eigenvalue weighted by molar-refractivity contribution is 0.372. The third-order valence-corrected chi connectivity index (χ3v) is 4.65. The Hall–Kier alpha value is -1.02. The quantitative estimate of drug-likeness (QED) is 0.896. The van der Waals surface area contributed by atoms with Crippen molar-refractivity contribution in [3.63, 3.8) is 0 Å². The van der Waals surface area contributed by atoms with Gasteiger partial charge in [-0.25, -0.2) is 0 Å². The van der Waals surface area contributed by atoms with Crippen LogP contribution < -0.4 is 10.2 Å². The number of aryl methyl sites for hydroxylation is 1. The SMILES string of the molecule is Cc1ccc(N2CCCC2)c(CC2CCNCC2)c1. The Kier molecular flexibility index (Phi) is 4.07. The molecule has 2 saturated heterocycles. The van der Waals surface area contributed by atoms with E-state index in [1.54, 1.807) is 5.56 Å². The van der Waals surface area contributed by atoms with E-state index < -0.39 is 0 Å². The monoisotopic (exact) mass is 258 g/mol. The van der Waals surface area contributed by atoms with Crippen LogP contribution in [0.2, 0.25) is 0 Å². The van der Waals surface area contributed by atoms with Crippen molar-refractivity contribution < 1.29 is 0 Å². The summed E-state index contributed by atoms with van der Waals surface area (Å²) in [6.45, 7) is 7.13. The van der Waals surface area contributed by atoms with Gasteiger partial charge in [0, 0.05) is 18.8 Å². The van der Waals surface area contributed by atoms with Crippen LogP contribution in [0.5, 0.6) is 0 Å². The van der Waals surface area contributed by atoms with Gasteiger partial charge in [0.05, 0.1) is 0 Å². The minimum Gasteiger partial charge on any atom is -0.371 e. The van der Waals surface area contributed by atoms with Gasteiger partial charge in [0.1, 0.15) is 0 Å². The molecule has 3 rings (SSSR count). The third kappa shape index (κ3) is 3.11. The number of nitrogens with zero attached hydrogens (tertiary/aromatic N) is 1. The molecule has 0 amide bonds. The molecule has 0 bridgehead atoms. The molecule has 1 aromatic carbocycles. The molecule has 0 atom stereocenters. The number of anilines is 1. The van der Waals surface area contributed by atoms with Crippen LogP contribution in [0.15, 0.2) is 18.2 Å². The fourth-order valence-electron chi connectivity index (χ4n) is 3.54. The highest BCUT2D eigenvalue weighted by Crippen LogP contribution is 2.29. The minimum absolute atomic E-state index is 0.879. The third-order valence-electron chi connectivity index (χ3n) is 4.65. The Labute approximate surface area is 117 Å². The molecule has 0 aromatic heterocycles. The van der Waals surface area contributed by atoms with Gasteiger partial charge in [-0.15, -0.1) is 0 Å². The van der Waals surface area contributed by atoms with Gasteiger partial charge in [-0.3, -0.25) is 0 Å². The maximum absolute atomic E-state index is 3.47. The predicted octanol–water partition coefficient (Wildman–Crippen LogP) is 3.14. The number of hydrogen-bond acceptors (Lipinski definition) is 2. The average molecular weight is 258 g/mol. The summed E-state index contributed by atoms with van der Waals surface area (Å²) in [5.74, 6) is 0.879. The molecule has 0 unspecified atom stereocenters. The first kappa shape index (κ1) is 13.0. The van der Waals surface area contributed by atoms with Crippen LogP contribution in [0, 0.1) is 12.8 Å². The van der Waals surface area contributed by atoms with E-state index in [0.29, 0.717) is 0 Å². The van der Waals surface area contributed by atoms with E-state index in [2.05, 4.69) is 35.3 Å². The van der Waals surface area contributed by atoms with E-state index in [1.807, 2.05) is 0 Å². The molecule has 2 fully saturated rings. The van der Waals surface area contributed by atoms with Gasteiger partial charge < -0.3 is 10.2 Å². The Bertz CT molecular complexity index is 415. The van der Waals surface area contributed by atoms with E-state index in [-0.39, 0.29) is 0 Å². The lowest BCUT2D eigenvalue weighted by Crippen LogP contribution is -2.29. The van der Waals surface area contributed by atoms with Gasteiger partial charge in [0.2, 0.25) is 0 Å². The Balaban J connectivity index is 1.79. The fourth-order valence-corrected chi connectivity index (χ4v) is 3.54. The van der Waals surface area contributed by atoms with Gasteiger partial charge in [-0.05, 0) is 69.7 Å². The van der Waals surface area contributed by atoms with E-state index >= 15 is 0 Å². The molecule has 2 heteroatoms. The van der Waals surface area contributed by atoms with Crippen molar-refractivity contribution in [3.05, 3.63) is 29.3 Å². The highest BCUT2D eigenvalue weighted by molar-refractivity contribution is 5.55. The smallest absolute Gasteiger partial charge is 0.0399 e. The highest BCUT2D eigenvalue weighted by atomic mass is 15.1. The molecule has 2 nitrogen and oxygen atoms in total. The average Bonchev–Trinajstić information content (AvgIpc) is 2.94. The molecule has 0 radical (unpaired) electrons. The molecule has 0 aliphatic carbocycles. The second kappa shape index (κ2) is 5.96. The molecule has 0 spiro atoms. The predicted molar refractivity (Wildman–Crippen MR) is 81.9 cm³/mol. The van der Waals surface area contributed by atoms with Crippen molar-refractivity contribution in [2.45, 2.75) is 39.0 Å². The molecule has 104 valence electrons. The molecule has 0 saturated carbocycles. The number of benzene rings is 1. The van der Waals surface area contributed by atoms with E-state index in [9.17, 15) is 0 Å². The summed E-state index contributed by atoms with van der Waals surface area (Å²) in [4.78, 5) is 2.59. The van der Waals surface area contributed by atoms with Crippen molar-refractivity contribution in [1.29, 1.82) is 0 Å². The maximum Gasteiger partial charge on any atom is 0.0399 e. The lowest BCUT2D eigenvalue weighted by Gasteiger charge is -2.27. The first-order valence-electron chi connectivity index (χ1n) is 7.88. The van der Waals surface area contributed by atoms with Crippen molar-refractivity contribution in [2.75, 3.05) is 31.1 Å². The van der Waals surface area contributed by atoms with Crippen LogP contribution in [0.1, 0.15) is 36.8 Å². The first-order valence-corrected chi connectivity index (χ1v) is 7.88. The van der Waals surface area contributed by atoms with Crippen LogP contribution in [0.25, 0.3) is 0 Å². The summed E-state index contributed by atoms with van der Waals surface area (Å²) < 4.78 is 0. The molecule has 2 aliphatic heterocycles. The zero-order valence-electron chi connectivity index (χ0n) is 12.1. The summed E-state index contributed by atoms with van der Waals surface area (Å²) in [7, 11) is 0. The minimum atomic E-state index is 0.879. The highest BCUT2D eigenvalue weighted by Gasteiger charge is 2.19. The zero-order chi connectivity index (χ0) is 13.1. The molecule has 1 aromatic rings. The van der Waals surface area contributed by atoms with E-state index in [4.69, 9.17) is 0 Å². The van der Waals surface area contributed by atoms with Crippen molar-refractivity contribution in [1.82, 2.24) is 5.32 Å². The Morgan fingerprint density at radius 2 is 1.89 bits per heavy atom. The van der Waals surface area contributed by atoms with Gasteiger partial charge in [-0.1, -0.05) is 17.7 Å². The maximum atomic E-state index is 3.47. The van der Waals surface area contributed by atoms with Gasteiger partial charge in [-0.2, -0.15) is 0 Å². The van der Waals surface area contributed by atoms with Gasteiger partial charge in [0.25, 0.3) is 0 Å².